The van der Waals surface area contributed by atoms with Gasteiger partial charge in [0.25, 0.3) is 0 Å². The maximum absolute atomic E-state index is 12.9. The summed E-state index contributed by atoms with van der Waals surface area (Å²) >= 11 is 0. The van der Waals surface area contributed by atoms with Crippen molar-refractivity contribution in [3.63, 3.8) is 0 Å². The summed E-state index contributed by atoms with van der Waals surface area (Å²) in [6, 6.07) is 9.72. The summed E-state index contributed by atoms with van der Waals surface area (Å²) in [6.45, 7) is 4.32. The van der Waals surface area contributed by atoms with Crippen LogP contribution in [0.5, 0.6) is 5.75 Å². The van der Waals surface area contributed by atoms with Crippen LogP contribution in [-0.2, 0) is 6.18 Å². The second-order valence-corrected chi connectivity index (χ2v) is 5.52. The number of nitrogens with one attached hydrogen (secondary N) is 2. The van der Waals surface area contributed by atoms with Gasteiger partial charge in [-0.2, -0.15) is 13.2 Å². The highest BCUT2D eigenvalue weighted by Gasteiger charge is 2.33. The number of alkyl halides is 3. The van der Waals surface area contributed by atoms with Crippen molar-refractivity contribution in [2.45, 2.75) is 20.0 Å². The van der Waals surface area contributed by atoms with Crippen LogP contribution in [-0.4, -0.2) is 19.2 Å². The van der Waals surface area contributed by atoms with Gasteiger partial charge in [-0.05, 0) is 49.2 Å². The van der Waals surface area contributed by atoms with E-state index in [1.807, 2.05) is 32.0 Å². The lowest BCUT2D eigenvalue weighted by Gasteiger charge is -2.14. The predicted molar refractivity (Wildman–Crippen MR) is 89.9 cm³/mol. The third-order valence-electron chi connectivity index (χ3n) is 3.62. The first kappa shape index (κ1) is 18.6. The minimum absolute atomic E-state index is 0.160. The molecule has 0 atom stereocenters. The van der Waals surface area contributed by atoms with Crippen molar-refractivity contribution in [3.05, 3.63) is 59.2 Å². The van der Waals surface area contributed by atoms with Crippen molar-refractivity contribution in [1.82, 2.24) is 5.32 Å². The van der Waals surface area contributed by atoms with Gasteiger partial charge >= 0.3 is 12.2 Å². The van der Waals surface area contributed by atoms with Crippen LogP contribution in [0.25, 0.3) is 0 Å². The van der Waals surface area contributed by atoms with Crippen LogP contribution >= 0.6 is 0 Å². The van der Waals surface area contributed by atoms with Crippen molar-refractivity contribution in [2.24, 2.45) is 0 Å². The van der Waals surface area contributed by atoms with Crippen molar-refractivity contribution >= 4 is 11.7 Å². The zero-order chi connectivity index (χ0) is 18.4. The molecule has 4 nitrogen and oxygen atoms in total. The zero-order valence-corrected chi connectivity index (χ0v) is 13.9. The van der Waals surface area contributed by atoms with E-state index in [2.05, 4.69) is 10.6 Å². The van der Waals surface area contributed by atoms with Gasteiger partial charge in [0.05, 0.1) is 17.8 Å². The van der Waals surface area contributed by atoms with E-state index >= 15 is 0 Å². The van der Waals surface area contributed by atoms with Gasteiger partial charge in [-0.3, -0.25) is 0 Å². The number of aryl methyl sites for hydroxylation is 2. The Balaban J connectivity index is 1.82. The summed E-state index contributed by atoms with van der Waals surface area (Å²) in [5.41, 5.74) is 1.05. The smallest absolute Gasteiger partial charge is 0.418 e. The van der Waals surface area contributed by atoms with Gasteiger partial charge in [0.1, 0.15) is 12.4 Å². The summed E-state index contributed by atoms with van der Waals surface area (Å²) in [6.07, 6.45) is -4.53. The Morgan fingerprint density at radius 3 is 2.48 bits per heavy atom. The van der Waals surface area contributed by atoms with Crippen LogP contribution in [0.2, 0.25) is 0 Å². The molecule has 0 aromatic heterocycles. The average Bonchev–Trinajstić information content (AvgIpc) is 2.54. The molecule has 0 saturated carbocycles. The summed E-state index contributed by atoms with van der Waals surface area (Å²) in [7, 11) is 0. The highest BCUT2D eigenvalue weighted by atomic mass is 19.4. The number of hydrogen-bond acceptors (Lipinski definition) is 2. The number of halogens is 3. The Morgan fingerprint density at radius 2 is 1.80 bits per heavy atom. The summed E-state index contributed by atoms with van der Waals surface area (Å²) < 4.78 is 44.1. The fraction of sp³-hybridized carbons (Fsp3) is 0.278. The zero-order valence-electron chi connectivity index (χ0n) is 13.9. The van der Waals surface area contributed by atoms with Gasteiger partial charge in [0.2, 0.25) is 0 Å². The molecule has 25 heavy (non-hydrogen) atoms. The summed E-state index contributed by atoms with van der Waals surface area (Å²) in [4.78, 5) is 11.8. The number of para-hydroxylation sites is 1. The Morgan fingerprint density at radius 1 is 1.08 bits per heavy atom. The van der Waals surface area contributed by atoms with E-state index < -0.39 is 17.8 Å². The monoisotopic (exact) mass is 352 g/mol. The molecule has 0 aliphatic carbocycles. The van der Waals surface area contributed by atoms with Crippen molar-refractivity contribution in [1.29, 1.82) is 0 Å². The van der Waals surface area contributed by atoms with Gasteiger partial charge in [0, 0.05) is 0 Å². The number of anilines is 1. The minimum Gasteiger partial charge on any atom is -0.492 e. The molecule has 2 aromatic carbocycles. The Hall–Kier alpha value is -2.70. The van der Waals surface area contributed by atoms with Gasteiger partial charge in [-0.25, -0.2) is 4.79 Å². The molecular weight excluding hydrogens is 333 g/mol. The van der Waals surface area contributed by atoms with Gasteiger partial charge < -0.3 is 15.4 Å². The van der Waals surface area contributed by atoms with E-state index in [4.69, 9.17) is 4.74 Å². The summed E-state index contributed by atoms with van der Waals surface area (Å²) in [5.74, 6) is 0.674. The molecule has 0 spiro atoms. The average molecular weight is 352 g/mol. The SMILES string of the molecule is Cc1ccc(OCCNC(=O)Nc2ccccc2C(F)(F)F)cc1C. The highest BCUT2D eigenvalue weighted by Crippen LogP contribution is 2.34. The molecule has 2 amide bonds. The van der Waals surface area contributed by atoms with Crippen LogP contribution in [0.15, 0.2) is 42.5 Å². The number of rotatable bonds is 5. The van der Waals surface area contributed by atoms with Crippen molar-refractivity contribution in [2.75, 3.05) is 18.5 Å². The van der Waals surface area contributed by atoms with E-state index in [0.29, 0.717) is 5.75 Å². The summed E-state index contributed by atoms with van der Waals surface area (Å²) in [5, 5.41) is 4.67. The minimum atomic E-state index is -4.53. The quantitative estimate of drug-likeness (QED) is 0.777. The van der Waals surface area contributed by atoms with E-state index in [-0.39, 0.29) is 18.8 Å². The number of urea groups is 1. The molecule has 2 N–H and O–H groups in total. The van der Waals surface area contributed by atoms with E-state index in [0.717, 1.165) is 17.2 Å². The largest absolute Gasteiger partial charge is 0.492 e. The number of amides is 2. The molecule has 0 saturated heterocycles. The molecule has 7 heteroatoms. The van der Waals surface area contributed by atoms with Crippen LogP contribution in [0, 0.1) is 13.8 Å². The lowest BCUT2D eigenvalue weighted by molar-refractivity contribution is -0.136. The number of benzene rings is 2. The molecule has 2 aromatic rings. The fourth-order valence-corrected chi connectivity index (χ4v) is 2.14. The predicted octanol–water partition coefficient (Wildman–Crippen LogP) is 4.52. The van der Waals surface area contributed by atoms with E-state index in [9.17, 15) is 18.0 Å². The molecular formula is C18H19F3N2O2. The lowest BCUT2D eigenvalue weighted by atomic mass is 10.1. The molecule has 0 aliphatic rings. The first-order chi connectivity index (χ1) is 11.8. The topological polar surface area (TPSA) is 50.4 Å². The third kappa shape index (κ3) is 5.41. The molecule has 134 valence electrons. The third-order valence-corrected chi connectivity index (χ3v) is 3.62. The first-order valence-corrected chi connectivity index (χ1v) is 7.68. The van der Waals surface area contributed by atoms with Crippen molar-refractivity contribution in [3.8, 4) is 5.75 Å². The van der Waals surface area contributed by atoms with Crippen LogP contribution in [0.4, 0.5) is 23.7 Å². The van der Waals surface area contributed by atoms with Crippen LogP contribution < -0.4 is 15.4 Å². The number of carbonyl (C=O) groups excluding carboxylic acids is 1. The highest BCUT2D eigenvalue weighted by molar-refractivity contribution is 5.90. The second kappa shape index (κ2) is 7.92. The van der Waals surface area contributed by atoms with Gasteiger partial charge in [-0.15, -0.1) is 0 Å². The number of ether oxygens (including phenoxy) is 1. The van der Waals surface area contributed by atoms with E-state index in [1.54, 1.807) is 0 Å². The van der Waals surface area contributed by atoms with Crippen molar-refractivity contribution < 1.29 is 22.7 Å². The van der Waals surface area contributed by atoms with Crippen LogP contribution in [0.1, 0.15) is 16.7 Å². The molecule has 0 bridgehead atoms. The normalized spacial score (nSPS) is 11.1. The van der Waals surface area contributed by atoms with E-state index in [1.165, 1.54) is 18.2 Å². The lowest BCUT2D eigenvalue weighted by Crippen LogP contribution is -2.32. The molecule has 0 aliphatic heterocycles. The maximum Gasteiger partial charge on any atom is 0.418 e. The Labute approximate surface area is 144 Å². The molecule has 0 fully saturated rings. The molecule has 0 heterocycles. The Kier molecular flexibility index (Phi) is 5.90. The molecule has 2 rings (SSSR count). The molecule has 0 radical (unpaired) electrons. The number of carbonyl (C=O) groups is 1. The first-order valence-electron chi connectivity index (χ1n) is 7.68. The maximum atomic E-state index is 12.9. The number of hydrogen-bond donors (Lipinski definition) is 2. The second-order valence-electron chi connectivity index (χ2n) is 5.52. The van der Waals surface area contributed by atoms with Crippen LogP contribution in [0.3, 0.4) is 0 Å². The standard InChI is InChI=1S/C18H19F3N2O2/c1-12-7-8-14(11-13(12)2)25-10-9-22-17(24)23-16-6-4-3-5-15(16)18(19,20)21/h3-8,11H,9-10H2,1-2H3,(H2,22,23,24). The molecule has 0 unspecified atom stereocenters. The van der Waals surface area contributed by atoms with Gasteiger partial charge in [0.15, 0.2) is 0 Å². The van der Waals surface area contributed by atoms with Gasteiger partial charge in [-0.1, -0.05) is 18.2 Å². The Bertz CT molecular complexity index is 745. The fourth-order valence-electron chi connectivity index (χ4n) is 2.14.